The van der Waals surface area contributed by atoms with E-state index in [-0.39, 0.29) is 30.1 Å². The Balaban J connectivity index is 0.00000220. The molecule has 0 radical (unpaired) electrons. The van der Waals surface area contributed by atoms with E-state index in [1.807, 2.05) is 0 Å². The number of likely N-dealkylation sites (tertiary alicyclic amines) is 1. The maximum atomic E-state index is 13.1. The van der Waals surface area contributed by atoms with Crippen LogP contribution in [0.2, 0.25) is 0 Å². The molecule has 0 saturated carbocycles. The van der Waals surface area contributed by atoms with E-state index in [4.69, 9.17) is 0 Å². The van der Waals surface area contributed by atoms with E-state index in [9.17, 15) is 18.4 Å². The van der Waals surface area contributed by atoms with Crippen molar-refractivity contribution in [1.29, 1.82) is 0 Å². The number of rotatable bonds is 3. The largest absolute Gasteiger partial charge is 0.356 e. The zero-order valence-electron chi connectivity index (χ0n) is 12.0. The SMILES string of the molecule is CC(=O)NCC1CCCN(C(=O)C2CC(F)(F)CN2)C1.Cl. The van der Waals surface area contributed by atoms with Crippen molar-refractivity contribution in [2.24, 2.45) is 5.92 Å². The Morgan fingerprint density at radius 3 is 2.71 bits per heavy atom. The minimum atomic E-state index is -2.79. The number of hydrogen-bond donors (Lipinski definition) is 2. The molecule has 0 aromatic rings. The Labute approximate surface area is 129 Å². The molecule has 122 valence electrons. The standard InChI is InChI=1S/C13H21F2N3O2.ClH/c1-9(19)16-6-10-3-2-4-18(7-10)12(20)11-5-13(14,15)8-17-11;/h10-11,17H,2-8H2,1H3,(H,16,19);1H. The maximum Gasteiger partial charge on any atom is 0.262 e. The van der Waals surface area contributed by atoms with Gasteiger partial charge in [-0.15, -0.1) is 12.4 Å². The molecule has 2 saturated heterocycles. The number of amides is 2. The number of alkyl halides is 2. The van der Waals surface area contributed by atoms with Gasteiger partial charge in [0, 0.05) is 33.0 Å². The van der Waals surface area contributed by atoms with Gasteiger partial charge in [0.1, 0.15) is 0 Å². The van der Waals surface area contributed by atoms with E-state index in [1.165, 1.54) is 6.92 Å². The number of halogens is 3. The number of piperidine rings is 1. The Hall–Kier alpha value is -0.950. The third-order valence-corrected chi connectivity index (χ3v) is 3.88. The van der Waals surface area contributed by atoms with Gasteiger partial charge in [-0.1, -0.05) is 0 Å². The van der Waals surface area contributed by atoms with Gasteiger partial charge in [-0.3, -0.25) is 14.9 Å². The zero-order chi connectivity index (χ0) is 14.8. The molecule has 0 spiro atoms. The molecule has 21 heavy (non-hydrogen) atoms. The highest BCUT2D eigenvalue weighted by Gasteiger charge is 2.43. The first kappa shape index (κ1) is 18.1. The van der Waals surface area contributed by atoms with Crippen molar-refractivity contribution in [3.05, 3.63) is 0 Å². The van der Waals surface area contributed by atoms with Crippen molar-refractivity contribution in [1.82, 2.24) is 15.5 Å². The van der Waals surface area contributed by atoms with Gasteiger partial charge in [0.15, 0.2) is 0 Å². The first-order chi connectivity index (χ1) is 9.37. The third-order valence-electron chi connectivity index (χ3n) is 3.88. The lowest BCUT2D eigenvalue weighted by atomic mass is 9.97. The number of hydrogen-bond acceptors (Lipinski definition) is 3. The Kier molecular flexibility index (Phi) is 6.34. The summed E-state index contributed by atoms with van der Waals surface area (Å²) >= 11 is 0. The highest BCUT2D eigenvalue weighted by molar-refractivity contribution is 5.85. The van der Waals surface area contributed by atoms with Crippen LogP contribution in [0.5, 0.6) is 0 Å². The molecule has 2 unspecified atom stereocenters. The quantitative estimate of drug-likeness (QED) is 0.806. The Morgan fingerprint density at radius 2 is 2.14 bits per heavy atom. The van der Waals surface area contributed by atoms with Crippen LogP contribution in [0.3, 0.4) is 0 Å². The van der Waals surface area contributed by atoms with E-state index < -0.39 is 24.9 Å². The molecule has 5 nitrogen and oxygen atoms in total. The highest BCUT2D eigenvalue weighted by Crippen LogP contribution is 2.27. The molecular weight excluding hydrogens is 304 g/mol. The summed E-state index contributed by atoms with van der Waals surface area (Å²) in [5.74, 6) is -2.91. The van der Waals surface area contributed by atoms with Crippen LogP contribution >= 0.6 is 12.4 Å². The van der Waals surface area contributed by atoms with Gasteiger partial charge in [-0.05, 0) is 18.8 Å². The normalized spacial score (nSPS) is 27.9. The fourth-order valence-electron chi connectivity index (χ4n) is 2.83. The van der Waals surface area contributed by atoms with Crippen LogP contribution in [-0.4, -0.2) is 54.9 Å². The molecule has 2 atom stereocenters. The van der Waals surface area contributed by atoms with Gasteiger partial charge >= 0.3 is 0 Å². The summed E-state index contributed by atoms with van der Waals surface area (Å²) in [6.07, 6.45) is 1.37. The van der Waals surface area contributed by atoms with Gasteiger partial charge in [0.2, 0.25) is 11.8 Å². The summed E-state index contributed by atoms with van der Waals surface area (Å²) in [6.45, 7) is 2.71. The number of carbonyl (C=O) groups is 2. The van der Waals surface area contributed by atoms with Crippen molar-refractivity contribution < 1.29 is 18.4 Å². The van der Waals surface area contributed by atoms with Gasteiger partial charge in [0.25, 0.3) is 5.92 Å². The molecule has 2 fully saturated rings. The smallest absolute Gasteiger partial charge is 0.262 e. The molecular formula is C13H22ClF2N3O2. The van der Waals surface area contributed by atoms with Crippen molar-refractivity contribution in [3.63, 3.8) is 0 Å². The molecule has 0 aromatic carbocycles. The topological polar surface area (TPSA) is 61.4 Å². The van der Waals surface area contributed by atoms with Crippen LogP contribution in [0.25, 0.3) is 0 Å². The summed E-state index contributed by atoms with van der Waals surface area (Å²) in [6, 6.07) is -0.774. The second-order valence-electron chi connectivity index (χ2n) is 5.72. The van der Waals surface area contributed by atoms with E-state index in [1.54, 1.807) is 4.90 Å². The van der Waals surface area contributed by atoms with E-state index in [2.05, 4.69) is 10.6 Å². The third kappa shape index (κ3) is 5.07. The van der Waals surface area contributed by atoms with E-state index >= 15 is 0 Å². The van der Waals surface area contributed by atoms with Crippen molar-refractivity contribution in [2.75, 3.05) is 26.2 Å². The molecule has 2 heterocycles. The number of nitrogens with one attached hydrogen (secondary N) is 2. The van der Waals surface area contributed by atoms with Gasteiger partial charge in [0.05, 0.1) is 12.6 Å². The zero-order valence-corrected chi connectivity index (χ0v) is 12.8. The number of nitrogens with zero attached hydrogens (tertiary/aromatic N) is 1. The summed E-state index contributed by atoms with van der Waals surface area (Å²) in [5.41, 5.74) is 0. The van der Waals surface area contributed by atoms with Crippen LogP contribution in [0.4, 0.5) is 8.78 Å². The molecule has 0 aromatic heterocycles. The molecule has 0 bridgehead atoms. The minimum Gasteiger partial charge on any atom is -0.356 e. The molecule has 2 rings (SSSR count). The first-order valence-corrected chi connectivity index (χ1v) is 7.02. The summed E-state index contributed by atoms with van der Waals surface area (Å²) < 4.78 is 26.3. The maximum absolute atomic E-state index is 13.1. The number of carbonyl (C=O) groups excluding carboxylic acids is 2. The average molecular weight is 326 g/mol. The first-order valence-electron chi connectivity index (χ1n) is 7.02. The van der Waals surface area contributed by atoms with Crippen molar-refractivity contribution in [2.45, 2.75) is 38.2 Å². The molecule has 8 heteroatoms. The lowest BCUT2D eigenvalue weighted by Crippen LogP contribution is -2.49. The molecule has 2 aliphatic rings. The van der Waals surface area contributed by atoms with Crippen LogP contribution in [0.1, 0.15) is 26.2 Å². The van der Waals surface area contributed by atoms with Crippen LogP contribution in [0.15, 0.2) is 0 Å². The van der Waals surface area contributed by atoms with Gasteiger partial charge in [-0.2, -0.15) is 0 Å². The van der Waals surface area contributed by atoms with Crippen molar-refractivity contribution in [3.8, 4) is 0 Å². The second kappa shape index (κ2) is 7.35. The van der Waals surface area contributed by atoms with Gasteiger partial charge in [-0.25, -0.2) is 8.78 Å². The van der Waals surface area contributed by atoms with Crippen LogP contribution in [0, 0.1) is 5.92 Å². The monoisotopic (exact) mass is 325 g/mol. The molecule has 2 aliphatic heterocycles. The fourth-order valence-corrected chi connectivity index (χ4v) is 2.83. The Morgan fingerprint density at radius 1 is 1.43 bits per heavy atom. The van der Waals surface area contributed by atoms with Crippen LogP contribution in [-0.2, 0) is 9.59 Å². The van der Waals surface area contributed by atoms with Crippen molar-refractivity contribution >= 4 is 24.2 Å². The lowest BCUT2D eigenvalue weighted by Gasteiger charge is -2.34. The summed E-state index contributed by atoms with van der Waals surface area (Å²) in [7, 11) is 0. The fraction of sp³-hybridized carbons (Fsp3) is 0.846. The highest BCUT2D eigenvalue weighted by atomic mass is 35.5. The van der Waals surface area contributed by atoms with Gasteiger partial charge < -0.3 is 10.2 Å². The summed E-state index contributed by atoms with van der Waals surface area (Å²) in [4.78, 5) is 24.8. The minimum absolute atomic E-state index is 0. The second-order valence-corrected chi connectivity index (χ2v) is 5.72. The predicted octanol–water partition coefficient (Wildman–Crippen LogP) is 0.780. The molecule has 2 amide bonds. The lowest BCUT2D eigenvalue weighted by molar-refractivity contribution is -0.135. The molecule has 2 N–H and O–H groups in total. The van der Waals surface area contributed by atoms with E-state index in [0.717, 1.165) is 12.8 Å². The Bertz CT molecular complexity index is 396. The average Bonchev–Trinajstić information content (AvgIpc) is 2.76. The predicted molar refractivity (Wildman–Crippen MR) is 76.6 cm³/mol. The van der Waals surface area contributed by atoms with Crippen LogP contribution < -0.4 is 10.6 Å². The van der Waals surface area contributed by atoms with E-state index in [0.29, 0.717) is 19.6 Å². The summed E-state index contributed by atoms with van der Waals surface area (Å²) in [5, 5.41) is 5.34. The molecule has 0 aliphatic carbocycles.